The Morgan fingerprint density at radius 3 is 2.62 bits per heavy atom. The Hall–Kier alpha value is -0.660. The first-order valence-electron chi connectivity index (χ1n) is 3.15. The minimum Gasteiger partial charge on any atom is -0.296 e. The molecule has 0 spiro atoms. The number of pyridine rings is 1. The number of halogens is 4. The maximum absolute atomic E-state index is 12.7. The molecular weight excluding hydrogens is 298 g/mol. The topological polar surface area (TPSA) is 30.0 Å². The Morgan fingerprint density at radius 2 is 2.15 bits per heavy atom. The maximum Gasteiger partial charge on any atom is 0.266 e. The van der Waals surface area contributed by atoms with Gasteiger partial charge in [0.1, 0.15) is 9.39 Å². The molecule has 1 aromatic heterocycles. The van der Waals surface area contributed by atoms with E-state index < -0.39 is 23.5 Å². The van der Waals surface area contributed by atoms with E-state index in [0.717, 1.165) is 0 Å². The molecule has 0 radical (unpaired) electrons. The van der Waals surface area contributed by atoms with Crippen LogP contribution < -0.4 is 0 Å². The number of rotatable bonds is 2. The van der Waals surface area contributed by atoms with Gasteiger partial charge in [-0.25, -0.2) is 18.2 Å². The van der Waals surface area contributed by atoms with Crippen molar-refractivity contribution in [2.45, 2.75) is 6.43 Å². The van der Waals surface area contributed by atoms with E-state index >= 15 is 0 Å². The van der Waals surface area contributed by atoms with Gasteiger partial charge in [0.15, 0.2) is 12.1 Å². The number of hydrogen-bond acceptors (Lipinski definition) is 2. The van der Waals surface area contributed by atoms with Gasteiger partial charge in [0.25, 0.3) is 6.43 Å². The van der Waals surface area contributed by atoms with Gasteiger partial charge in [-0.3, -0.25) is 4.79 Å². The fraction of sp³-hybridized carbons (Fsp3) is 0.143. The molecule has 1 heterocycles. The predicted octanol–water partition coefficient (Wildman–Crippen LogP) is 2.58. The van der Waals surface area contributed by atoms with Crippen LogP contribution in [0.5, 0.6) is 0 Å². The Kier molecular flexibility index (Phi) is 3.23. The standard InChI is InChI=1S/C7H3F3INO/c8-4-1-3(6(9)10)5(2-13)12-7(4)11/h1-2,6H. The lowest BCUT2D eigenvalue weighted by Crippen LogP contribution is -2.01. The molecule has 13 heavy (non-hydrogen) atoms. The summed E-state index contributed by atoms with van der Waals surface area (Å²) in [6.07, 6.45) is -2.71. The van der Waals surface area contributed by atoms with E-state index in [-0.39, 0.29) is 9.99 Å². The third-order valence-electron chi connectivity index (χ3n) is 1.34. The van der Waals surface area contributed by atoms with Crippen molar-refractivity contribution in [3.63, 3.8) is 0 Å². The second kappa shape index (κ2) is 4.03. The second-order valence-corrected chi connectivity index (χ2v) is 3.18. The highest BCUT2D eigenvalue weighted by Crippen LogP contribution is 2.23. The molecule has 1 rings (SSSR count). The van der Waals surface area contributed by atoms with Crippen LogP contribution in [0.25, 0.3) is 0 Å². The van der Waals surface area contributed by atoms with Gasteiger partial charge >= 0.3 is 0 Å². The highest BCUT2D eigenvalue weighted by molar-refractivity contribution is 14.1. The van der Waals surface area contributed by atoms with Crippen LogP contribution in [0.3, 0.4) is 0 Å². The van der Waals surface area contributed by atoms with Gasteiger partial charge in [-0.2, -0.15) is 0 Å². The van der Waals surface area contributed by atoms with Gasteiger partial charge in [-0.15, -0.1) is 0 Å². The summed E-state index contributed by atoms with van der Waals surface area (Å²) in [5, 5.41) is 0. The lowest BCUT2D eigenvalue weighted by molar-refractivity contribution is 0.110. The number of aldehydes is 1. The quantitative estimate of drug-likeness (QED) is 0.477. The van der Waals surface area contributed by atoms with Crippen LogP contribution in [0.2, 0.25) is 0 Å². The lowest BCUT2D eigenvalue weighted by Gasteiger charge is -2.03. The summed E-state index contributed by atoms with van der Waals surface area (Å²) >= 11 is 1.52. The molecule has 0 saturated carbocycles. The Balaban J connectivity index is 3.32. The molecule has 0 N–H and O–H groups in total. The van der Waals surface area contributed by atoms with Gasteiger partial charge in [-0.1, -0.05) is 0 Å². The van der Waals surface area contributed by atoms with Crippen LogP contribution in [0.1, 0.15) is 22.5 Å². The third-order valence-corrected chi connectivity index (χ3v) is 2.10. The van der Waals surface area contributed by atoms with Crippen molar-refractivity contribution < 1.29 is 18.0 Å². The number of nitrogens with zero attached hydrogens (tertiary/aromatic N) is 1. The summed E-state index contributed by atoms with van der Waals surface area (Å²) in [7, 11) is 0. The largest absolute Gasteiger partial charge is 0.296 e. The van der Waals surface area contributed by atoms with Crippen molar-refractivity contribution in [3.05, 3.63) is 26.8 Å². The highest BCUT2D eigenvalue weighted by atomic mass is 127. The van der Waals surface area contributed by atoms with Crippen LogP contribution in [-0.2, 0) is 0 Å². The minimum atomic E-state index is -2.89. The zero-order valence-corrected chi connectivity index (χ0v) is 8.26. The lowest BCUT2D eigenvalue weighted by atomic mass is 10.2. The van der Waals surface area contributed by atoms with Gasteiger partial charge in [0, 0.05) is 5.56 Å². The Labute approximate surface area is 85.3 Å². The zero-order valence-electron chi connectivity index (χ0n) is 6.10. The average Bonchev–Trinajstić information content (AvgIpc) is 2.08. The molecule has 0 aliphatic carbocycles. The van der Waals surface area contributed by atoms with Crippen molar-refractivity contribution in [3.8, 4) is 0 Å². The van der Waals surface area contributed by atoms with Crippen LogP contribution >= 0.6 is 22.6 Å². The number of hydrogen-bond donors (Lipinski definition) is 0. The second-order valence-electron chi connectivity index (χ2n) is 2.15. The fourth-order valence-corrected chi connectivity index (χ4v) is 1.18. The van der Waals surface area contributed by atoms with E-state index in [2.05, 4.69) is 4.98 Å². The van der Waals surface area contributed by atoms with Crippen molar-refractivity contribution in [2.24, 2.45) is 0 Å². The first-order valence-corrected chi connectivity index (χ1v) is 4.23. The molecule has 0 saturated heterocycles. The summed E-state index contributed by atoms with van der Waals surface area (Å²) in [5.41, 5.74) is -1.09. The van der Waals surface area contributed by atoms with Crippen molar-refractivity contribution in [2.75, 3.05) is 0 Å². The molecule has 0 fully saturated rings. The summed E-state index contributed by atoms with van der Waals surface area (Å²) in [4.78, 5) is 13.6. The molecule has 0 aliphatic rings. The van der Waals surface area contributed by atoms with Crippen LogP contribution in [0.15, 0.2) is 6.07 Å². The van der Waals surface area contributed by atoms with Crippen molar-refractivity contribution in [1.82, 2.24) is 4.98 Å². The van der Waals surface area contributed by atoms with Crippen LogP contribution in [0.4, 0.5) is 13.2 Å². The van der Waals surface area contributed by atoms with E-state index in [0.29, 0.717) is 6.07 Å². The number of alkyl halides is 2. The monoisotopic (exact) mass is 301 g/mol. The molecule has 1 aromatic rings. The molecule has 0 aromatic carbocycles. The van der Waals surface area contributed by atoms with Gasteiger partial charge in [0.2, 0.25) is 0 Å². The van der Waals surface area contributed by atoms with E-state index in [4.69, 9.17) is 0 Å². The first-order chi connectivity index (χ1) is 6.06. The van der Waals surface area contributed by atoms with E-state index in [9.17, 15) is 18.0 Å². The number of carbonyl (C=O) groups is 1. The van der Waals surface area contributed by atoms with Crippen molar-refractivity contribution >= 4 is 28.9 Å². The van der Waals surface area contributed by atoms with Gasteiger partial charge in [0.05, 0.1) is 0 Å². The summed E-state index contributed by atoms with van der Waals surface area (Å²) < 4.78 is 37.0. The Bertz CT molecular complexity index is 343. The molecule has 2 nitrogen and oxygen atoms in total. The molecule has 6 heteroatoms. The maximum atomic E-state index is 12.7. The molecule has 0 unspecified atom stereocenters. The van der Waals surface area contributed by atoms with Crippen molar-refractivity contribution in [1.29, 1.82) is 0 Å². The molecule has 0 atom stereocenters. The minimum absolute atomic E-state index is 0.0934. The molecule has 0 bridgehead atoms. The van der Waals surface area contributed by atoms with E-state index in [1.165, 1.54) is 22.6 Å². The first kappa shape index (κ1) is 10.4. The molecular formula is C7H3F3INO. The molecule has 0 amide bonds. The number of aromatic nitrogens is 1. The predicted molar refractivity (Wildman–Crippen MR) is 47.3 cm³/mol. The number of carbonyl (C=O) groups excluding carboxylic acids is 1. The SMILES string of the molecule is O=Cc1nc(I)c(F)cc1C(F)F. The highest BCUT2D eigenvalue weighted by Gasteiger charge is 2.16. The zero-order chi connectivity index (χ0) is 10.0. The van der Waals surface area contributed by atoms with Gasteiger partial charge < -0.3 is 0 Å². The Morgan fingerprint density at radius 1 is 1.54 bits per heavy atom. The normalized spacial score (nSPS) is 10.5. The average molecular weight is 301 g/mol. The summed E-state index contributed by atoms with van der Waals surface area (Å²) in [6.45, 7) is 0. The summed E-state index contributed by atoms with van der Waals surface area (Å²) in [5.74, 6) is -0.846. The van der Waals surface area contributed by atoms with Crippen LogP contribution in [0, 0.1) is 9.52 Å². The van der Waals surface area contributed by atoms with E-state index in [1.807, 2.05) is 0 Å². The molecule has 70 valence electrons. The smallest absolute Gasteiger partial charge is 0.266 e. The third kappa shape index (κ3) is 2.17. The summed E-state index contributed by atoms with van der Waals surface area (Å²) in [6, 6.07) is 0.628. The van der Waals surface area contributed by atoms with E-state index in [1.54, 1.807) is 0 Å². The van der Waals surface area contributed by atoms with Crippen LogP contribution in [-0.4, -0.2) is 11.3 Å². The fourth-order valence-electron chi connectivity index (χ4n) is 0.763. The van der Waals surface area contributed by atoms with Gasteiger partial charge in [-0.05, 0) is 28.7 Å². The molecule has 0 aliphatic heterocycles.